The molecule has 2 aliphatic rings. The Bertz CT molecular complexity index is 1190. The Balaban J connectivity index is 1.41. The van der Waals surface area contributed by atoms with Gasteiger partial charge in [-0.3, -0.25) is 14.8 Å². The molecule has 0 bridgehead atoms. The van der Waals surface area contributed by atoms with Gasteiger partial charge in [-0.1, -0.05) is 31.5 Å². The molecule has 2 aliphatic heterocycles. The number of piperidine rings is 1. The van der Waals surface area contributed by atoms with Crippen molar-refractivity contribution in [3.63, 3.8) is 0 Å². The van der Waals surface area contributed by atoms with Gasteiger partial charge < -0.3 is 14.5 Å². The first-order valence-electron chi connectivity index (χ1n) is 13.1. The molecule has 2 aromatic carbocycles. The molecular formula is C27H36N4O6S. The van der Waals surface area contributed by atoms with Gasteiger partial charge in [-0.15, -0.1) is 0 Å². The highest BCUT2D eigenvalue weighted by atomic mass is 32.2. The molecular weight excluding hydrogens is 508 g/mol. The molecule has 2 heterocycles. The molecule has 206 valence electrons. The van der Waals surface area contributed by atoms with Gasteiger partial charge in [-0.25, -0.2) is 13.9 Å². The molecule has 2 amide bonds. The highest BCUT2D eigenvalue weighted by Gasteiger charge is 2.55. The summed E-state index contributed by atoms with van der Waals surface area (Å²) in [6, 6.07) is 16.5. The second-order valence-corrected chi connectivity index (χ2v) is 11.9. The number of ether oxygens (including phenoxy) is 1. The zero-order valence-corrected chi connectivity index (χ0v) is 22.5. The zero-order valence-electron chi connectivity index (χ0n) is 21.7. The summed E-state index contributed by atoms with van der Waals surface area (Å²) in [5.74, 6) is -0.362. The van der Waals surface area contributed by atoms with Crippen molar-refractivity contribution in [2.75, 3.05) is 50.8 Å². The first-order chi connectivity index (χ1) is 18.3. The number of rotatable bonds is 9. The zero-order chi connectivity index (χ0) is 27.2. The van der Waals surface area contributed by atoms with Crippen LogP contribution in [0.3, 0.4) is 0 Å². The maximum absolute atomic E-state index is 13.8. The SMILES string of the molecule is CCCCOc1ccc(N2CCN(S(=O)(=O)C3(C(=O)NO)CCN(C(=O)c4ccccc4)CC3)CC2)cc1. The van der Waals surface area contributed by atoms with E-state index in [1.54, 1.807) is 34.6 Å². The van der Waals surface area contributed by atoms with Crippen LogP contribution in [-0.4, -0.2) is 85.3 Å². The van der Waals surface area contributed by atoms with Crippen LogP contribution in [0.2, 0.25) is 0 Å². The molecule has 11 heteroatoms. The molecule has 4 rings (SSSR count). The van der Waals surface area contributed by atoms with Crippen molar-refractivity contribution in [2.24, 2.45) is 0 Å². The predicted molar refractivity (Wildman–Crippen MR) is 144 cm³/mol. The lowest BCUT2D eigenvalue weighted by Gasteiger charge is -2.44. The van der Waals surface area contributed by atoms with E-state index in [1.165, 1.54) is 4.31 Å². The van der Waals surface area contributed by atoms with Crippen LogP contribution in [0, 0.1) is 0 Å². The summed E-state index contributed by atoms with van der Waals surface area (Å²) in [4.78, 5) is 29.4. The molecule has 0 unspecified atom stereocenters. The fraction of sp³-hybridized carbons (Fsp3) is 0.481. The van der Waals surface area contributed by atoms with Crippen molar-refractivity contribution in [1.82, 2.24) is 14.7 Å². The summed E-state index contributed by atoms with van der Waals surface area (Å²) in [6.45, 7) is 4.32. The third-order valence-electron chi connectivity index (χ3n) is 7.44. The molecule has 2 aromatic rings. The Hall–Kier alpha value is -3.15. The van der Waals surface area contributed by atoms with Crippen molar-refractivity contribution < 1.29 is 28.0 Å². The molecule has 2 saturated heterocycles. The average Bonchev–Trinajstić information content (AvgIpc) is 2.97. The molecule has 2 fully saturated rings. The molecule has 0 spiro atoms. The standard InChI is InChI=1S/C27H36N4O6S/c1-2-3-21-37-24-11-9-23(10-12-24)29-17-19-31(20-18-29)38(35,36)27(26(33)28-34)13-15-30(16-14-27)25(32)22-7-5-4-6-8-22/h4-12,34H,2-3,13-21H2,1H3,(H,28,33). The molecule has 0 aliphatic carbocycles. The lowest BCUT2D eigenvalue weighted by atomic mass is 9.94. The van der Waals surface area contributed by atoms with Gasteiger partial charge in [0.2, 0.25) is 10.0 Å². The van der Waals surface area contributed by atoms with E-state index >= 15 is 0 Å². The Morgan fingerprint density at radius 1 is 0.947 bits per heavy atom. The quantitative estimate of drug-likeness (QED) is 0.283. The van der Waals surface area contributed by atoms with Gasteiger partial charge in [-0.05, 0) is 55.7 Å². The van der Waals surface area contributed by atoms with Gasteiger partial charge in [0, 0.05) is 50.5 Å². The van der Waals surface area contributed by atoms with Crippen LogP contribution in [0.1, 0.15) is 43.0 Å². The third kappa shape index (κ3) is 5.64. The molecule has 0 radical (unpaired) electrons. The summed E-state index contributed by atoms with van der Waals surface area (Å²) >= 11 is 0. The minimum Gasteiger partial charge on any atom is -0.494 e. The Kier molecular flexibility index (Phi) is 8.91. The van der Waals surface area contributed by atoms with E-state index in [1.807, 2.05) is 30.3 Å². The van der Waals surface area contributed by atoms with Gasteiger partial charge in [0.05, 0.1) is 6.61 Å². The number of carbonyl (C=O) groups is 2. The van der Waals surface area contributed by atoms with Gasteiger partial charge in [0.25, 0.3) is 11.8 Å². The average molecular weight is 545 g/mol. The van der Waals surface area contributed by atoms with E-state index in [4.69, 9.17) is 4.74 Å². The molecule has 38 heavy (non-hydrogen) atoms. The second kappa shape index (κ2) is 12.1. The Morgan fingerprint density at radius 3 is 2.16 bits per heavy atom. The first kappa shape index (κ1) is 27.9. The van der Waals surface area contributed by atoms with E-state index in [9.17, 15) is 23.2 Å². The minimum absolute atomic E-state index is 0.0903. The molecule has 10 nitrogen and oxygen atoms in total. The van der Waals surface area contributed by atoms with Crippen molar-refractivity contribution in [3.8, 4) is 5.75 Å². The summed E-state index contributed by atoms with van der Waals surface area (Å²) in [7, 11) is -4.12. The van der Waals surface area contributed by atoms with Crippen LogP contribution < -0.4 is 15.1 Å². The number of hydroxylamine groups is 1. The minimum atomic E-state index is -4.12. The van der Waals surface area contributed by atoms with E-state index in [0.29, 0.717) is 25.3 Å². The Morgan fingerprint density at radius 2 is 1.58 bits per heavy atom. The topological polar surface area (TPSA) is 119 Å². The number of piperazine rings is 1. The van der Waals surface area contributed by atoms with Crippen molar-refractivity contribution in [1.29, 1.82) is 0 Å². The number of nitrogens with zero attached hydrogens (tertiary/aromatic N) is 3. The van der Waals surface area contributed by atoms with Gasteiger partial charge in [0.1, 0.15) is 5.75 Å². The molecule has 0 saturated carbocycles. The maximum atomic E-state index is 13.8. The van der Waals surface area contributed by atoms with Crippen LogP contribution in [-0.2, 0) is 14.8 Å². The van der Waals surface area contributed by atoms with Crippen molar-refractivity contribution in [3.05, 3.63) is 60.2 Å². The van der Waals surface area contributed by atoms with Gasteiger partial charge in [-0.2, -0.15) is 4.31 Å². The summed E-state index contributed by atoms with van der Waals surface area (Å²) in [5, 5.41) is 9.47. The number of amides is 2. The van der Waals surface area contributed by atoms with E-state index in [0.717, 1.165) is 24.3 Å². The second-order valence-electron chi connectivity index (χ2n) is 9.68. The lowest BCUT2D eigenvalue weighted by molar-refractivity contribution is -0.133. The molecule has 0 atom stereocenters. The number of carbonyl (C=O) groups excluding carboxylic acids is 2. The van der Waals surface area contributed by atoms with E-state index in [-0.39, 0.29) is 44.9 Å². The van der Waals surface area contributed by atoms with E-state index in [2.05, 4.69) is 11.8 Å². The smallest absolute Gasteiger partial charge is 0.266 e. The number of hydrogen-bond donors (Lipinski definition) is 2. The van der Waals surface area contributed by atoms with Crippen molar-refractivity contribution in [2.45, 2.75) is 37.4 Å². The number of hydrogen-bond acceptors (Lipinski definition) is 7. The fourth-order valence-corrected chi connectivity index (χ4v) is 7.18. The number of likely N-dealkylation sites (tertiary alicyclic amines) is 1. The fourth-order valence-electron chi connectivity index (χ4n) is 5.06. The third-order valence-corrected chi connectivity index (χ3v) is 10.1. The van der Waals surface area contributed by atoms with Crippen LogP contribution in [0.5, 0.6) is 5.75 Å². The summed E-state index contributed by atoms with van der Waals surface area (Å²) < 4.78 is 32.9. The van der Waals surface area contributed by atoms with E-state index < -0.39 is 20.7 Å². The predicted octanol–water partition coefficient (Wildman–Crippen LogP) is 2.50. The van der Waals surface area contributed by atoms with Crippen molar-refractivity contribution >= 4 is 27.5 Å². The number of nitrogens with one attached hydrogen (secondary N) is 1. The highest BCUT2D eigenvalue weighted by Crippen LogP contribution is 2.35. The largest absolute Gasteiger partial charge is 0.494 e. The Labute approximate surface area is 224 Å². The number of anilines is 1. The monoisotopic (exact) mass is 544 g/mol. The van der Waals surface area contributed by atoms with Crippen LogP contribution >= 0.6 is 0 Å². The van der Waals surface area contributed by atoms with Crippen LogP contribution in [0.25, 0.3) is 0 Å². The van der Waals surface area contributed by atoms with Gasteiger partial charge in [0.15, 0.2) is 4.75 Å². The number of unbranched alkanes of at least 4 members (excludes halogenated alkanes) is 1. The van der Waals surface area contributed by atoms with Gasteiger partial charge >= 0.3 is 0 Å². The summed E-state index contributed by atoms with van der Waals surface area (Å²) in [6.07, 6.45) is 1.87. The number of sulfonamides is 1. The first-order valence-corrected chi connectivity index (χ1v) is 14.5. The van der Waals surface area contributed by atoms with Crippen LogP contribution in [0.15, 0.2) is 54.6 Å². The molecule has 2 N–H and O–H groups in total. The van der Waals surface area contributed by atoms with Crippen LogP contribution in [0.4, 0.5) is 5.69 Å². The molecule has 0 aromatic heterocycles. The lowest BCUT2D eigenvalue weighted by Crippen LogP contribution is -2.64. The normalized spacial score (nSPS) is 18.2. The highest BCUT2D eigenvalue weighted by molar-refractivity contribution is 7.91. The maximum Gasteiger partial charge on any atom is 0.266 e. The summed E-state index contributed by atoms with van der Waals surface area (Å²) in [5.41, 5.74) is 3.06. The number of benzene rings is 2.